The first-order chi connectivity index (χ1) is 5.43. The van der Waals surface area contributed by atoms with E-state index in [2.05, 4.69) is 19.9 Å². The van der Waals surface area contributed by atoms with Crippen LogP contribution >= 0.6 is 0 Å². The predicted molar refractivity (Wildman–Crippen MR) is 33.8 cm³/mol. The lowest BCUT2D eigenvalue weighted by molar-refractivity contribution is 0.225. The van der Waals surface area contributed by atoms with Gasteiger partial charge in [-0.15, -0.1) is 5.10 Å². The first-order valence-electron chi connectivity index (χ1n) is 3.09. The monoisotopic (exact) mass is 161 g/mol. The van der Waals surface area contributed by atoms with E-state index < -0.39 is 6.80 Å². The number of ether oxygens (including phenoxy) is 1. The van der Waals surface area contributed by atoms with Crippen molar-refractivity contribution >= 4 is 0 Å². The minimum atomic E-state index is -0.562. The highest BCUT2D eigenvalue weighted by Crippen LogP contribution is 2.00. The van der Waals surface area contributed by atoms with Crippen LogP contribution < -0.4 is 10.1 Å². The van der Waals surface area contributed by atoms with Crippen molar-refractivity contribution in [2.24, 2.45) is 0 Å². The van der Waals surface area contributed by atoms with Gasteiger partial charge in [0.1, 0.15) is 13.4 Å². The van der Waals surface area contributed by atoms with Crippen LogP contribution in [0.25, 0.3) is 0 Å². The molecular formula is C5H8FN3O2. The Morgan fingerprint density at radius 3 is 3.27 bits per heavy atom. The minimum Gasteiger partial charge on any atom is -0.448 e. The second-order valence-corrected chi connectivity index (χ2v) is 1.69. The average molecular weight is 161 g/mol. The Hall–Kier alpha value is -1.17. The van der Waals surface area contributed by atoms with Crippen LogP contribution in [0.5, 0.6) is 6.08 Å². The molecule has 1 aromatic rings. The predicted octanol–water partition coefficient (Wildman–Crippen LogP) is -0.0350. The maximum Gasteiger partial charge on any atom is 0.414 e. The molecule has 1 N–H and O–H groups in total. The second-order valence-electron chi connectivity index (χ2n) is 1.69. The smallest absolute Gasteiger partial charge is 0.414 e. The summed E-state index contributed by atoms with van der Waals surface area (Å²) in [7, 11) is 0. The van der Waals surface area contributed by atoms with Gasteiger partial charge < -0.3 is 9.15 Å². The summed E-state index contributed by atoms with van der Waals surface area (Å²) in [6.45, 7) is 0.165. The summed E-state index contributed by atoms with van der Waals surface area (Å²) < 4.78 is 21.0. The van der Waals surface area contributed by atoms with Crippen LogP contribution in [0.4, 0.5) is 4.39 Å². The molecular weight excluding hydrogens is 153 g/mol. The molecule has 6 heteroatoms. The molecule has 0 fully saturated rings. The van der Waals surface area contributed by atoms with Crippen molar-refractivity contribution < 1.29 is 13.5 Å². The van der Waals surface area contributed by atoms with E-state index >= 15 is 0 Å². The normalized spacial score (nSPS) is 9.91. The van der Waals surface area contributed by atoms with E-state index in [1.807, 2.05) is 0 Å². The molecule has 0 saturated carbocycles. The number of hydrogen-bond acceptors (Lipinski definition) is 5. The van der Waals surface area contributed by atoms with Crippen LogP contribution in [-0.4, -0.2) is 30.1 Å². The lowest BCUT2D eigenvalue weighted by atomic mass is 10.7. The van der Waals surface area contributed by atoms with Gasteiger partial charge >= 0.3 is 6.08 Å². The molecule has 1 rings (SSSR count). The molecule has 0 saturated heterocycles. The molecule has 1 heterocycles. The third-order valence-corrected chi connectivity index (χ3v) is 0.939. The molecule has 0 unspecified atom stereocenters. The van der Waals surface area contributed by atoms with Gasteiger partial charge in [0.05, 0.1) is 0 Å². The quantitative estimate of drug-likeness (QED) is 0.485. The molecule has 0 bridgehead atoms. The minimum absolute atomic E-state index is 0.102. The van der Waals surface area contributed by atoms with E-state index in [-0.39, 0.29) is 6.08 Å². The Kier molecular flexibility index (Phi) is 3.33. The molecule has 0 atom stereocenters. The fourth-order valence-corrected chi connectivity index (χ4v) is 0.503. The van der Waals surface area contributed by atoms with Crippen LogP contribution in [-0.2, 0) is 0 Å². The molecule has 1 aromatic heterocycles. The second kappa shape index (κ2) is 4.62. The van der Waals surface area contributed by atoms with Crippen molar-refractivity contribution in [1.82, 2.24) is 15.5 Å². The molecule has 0 amide bonds. The van der Waals surface area contributed by atoms with Gasteiger partial charge in [-0.2, -0.15) is 0 Å². The van der Waals surface area contributed by atoms with Gasteiger partial charge in [-0.3, -0.25) is 5.32 Å². The first-order valence-corrected chi connectivity index (χ1v) is 3.09. The fourth-order valence-electron chi connectivity index (χ4n) is 0.503. The van der Waals surface area contributed by atoms with E-state index in [1.54, 1.807) is 0 Å². The topological polar surface area (TPSA) is 60.2 Å². The van der Waals surface area contributed by atoms with Crippen molar-refractivity contribution in [2.45, 2.75) is 0 Å². The van der Waals surface area contributed by atoms with Gasteiger partial charge in [0, 0.05) is 6.54 Å². The van der Waals surface area contributed by atoms with E-state index in [4.69, 9.17) is 4.74 Å². The summed E-state index contributed by atoms with van der Waals surface area (Å²) in [5.41, 5.74) is 0. The van der Waals surface area contributed by atoms with E-state index in [0.29, 0.717) is 13.2 Å². The molecule has 0 aliphatic rings. The number of rotatable bonds is 5. The van der Waals surface area contributed by atoms with Gasteiger partial charge in [0.2, 0.25) is 6.39 Å². The molecule has 5 nitrogen and oxygen atoms in total. The van der Waals surface area contributed by atoms with Crippen molar-refractivity contribution in [3.8, 4) is 6.08 Å². The van der Waals surface area contributed by atoms with E-state index in [9.17, 15) is 4.39 Å². The summed E-state index contributed by atoms with van der Waals surface area (Å²) >= 11 is 0. The summed E-state index contributed by atoms with van der Waals surface area (Å²) in [5.74, 6) is 0. The van der Waals surface area contributed by atoms with Crippen LogP contribution in [0, 0.1) is 0 Å². The highest BCUT2D eigenvalue weighted by Gasteiger charge is 1.96. The highest BCUT2D eigenvalue weighted by atomic mass is 19.1. The number of aromatic nitrogens is 2. The van der Waals surface area contributed by atoms with Crippen LogP contribution in [0.15, 0.2) is 10.8 Å². The van der Waals surface area contributed by atoms with Gasteiger partial charge in [-0.1, -0.05) is 5.10 Å². The van der Waals surface area contributed by atoms with Gasteiger partial charge in [0.25, 0.3) is 0 Å². The third kappa shape index (κ3) is 2.94. The van der Waals surface area contributed by atoms with Gasteiger partial charge in [-0.25, -0.2) is 4.39 Å². The maximum absolute atomic E-state index is 11.4. The Morgan fingerprint density at radius 2 is 2.64 bits per heavy atom. The molecule has 0 spiro atoms. The standard InChI is InChI=1S/C5H8FN3O2/c6-3-7-1-2-10-5-9-8-4-11-5/h4,7H,1-3H2. The summed E-state index contributed by atoms with van der Waals surface area (Å²) in [6, 6.07) is 0. The number of hydrogen-bond donors (Lipinski definition) is 1. The van der Waals surface area contributed by atoms with Gasteiger partial charge in [-0.05, 0) is 0 Å². The zero-order valence-corrected chi connectivity index (χ0v) is 5.79. The molecule has 0 radical (unpaired) electrons. The SMILES string of the molecule is FCNCCOc1nnco1. The maximum atomic E-state index is 11.4. The Bertz CT molecular complexity index is 180. The highest BCUT2D eigenvalue weighted by molar-refractivity contribution is 4.76. The summed E-state index contributed by atoms with van der Waals surface area (Å²) in [5, 5.41) is 9.27. The van der Waals surface area contributed by atoms with Crippen molar-refractivity contribution in [1.29, 1.82) is 0 Å². The van der Waals surface area contributed by atoms with Crippen molar-refractivity contribution in [3.63, 3.8) is 0 Å². The largest absolute Gasteiger partial charge is 0.448 e. The Balaban J connectivity index is 2.04. The lowest BCUT2D eigenvalue weighted by Crippen LogP contribution is -2.19. The number of halogens is 1. The van der Waals surface area contributed by atoms with Crippen molar-refractivity contribution in [3.05, 3.63) is 6.39 Å². The number of nitrogens with zero attached hydrogens (tertiary/aromatic N) is 2. The van der Waals surface area contributed by atoms with E-state index in [0.717, 1.165) is 6.39 Å². The Labute approximate surface area is 62.6 Å². The zero-order valence-electron chi connectivity index (χ0n) is 5.79. The molecule has 0 aliphatic carbocycles. The first kappa shape index (κ1) is 7.93. The Morgan fingerprint density at radius 1 is 1.73 bits per heavy atom. The zero-order chi connectivity index (χ0) is 7.94. The van der Waals surface area contributed by atoms with E-state index in [1.165, 1.54) is 0 Å². The van der Waals surface area contributed by atoms with Crippen molar-refractivity contribution in [2.75, 3.05) is 20.0 Å². The molecule has 62 valence electrons. The van der Waals surface area contributed by atoms with Crippen LogP contribution in [0.2, 0.25) is 0 Å². The molecule has 11 heavy (non-hydrogen) atoms. The van der Waals surface area contributed by atoms with Gasteiger partial charge in [0.15, 0.2) is 0 Å². The average Bonchev–Trinajstić information content (AvgIpc) is 2.50. The molecule has 0 aliphatic heterocycles. The third-order valence-electron chi connectivity index (χ3n) is 0.939. The lowest BCUT2D eigenvalue weighted by Gasteiger charge is -1.98. The number of nitrogens with one attached hydrogen (secondary N) is 1. The summed E-state index contributed by atoms with van der Waals surface area (Å²) in [4.78, 5) is 0. The number of alkyl halides is 1. The van der Waals surface area contributed by atoms with Crippen LogP contribution in [0.3, 0.4) is 0 Å². The molecule has 0 aromatic carbocycles. The fraction of sp³-hybridized carbons (Fsp3) is 0.600. The summed E-state index contributed by atoms with van der Waals surface area (Å²) in [6.07, 6.45) is 1.27. The van der Waals surface area contributed by atoms with Crippen LogP contribution in [0.1, 0.15) is 0 Å².